The molecule has 0 saturated carbocycles. The first kappa shape index (κ1) is 15.3. The van der Waals surface area contributed by atoms with Crippen LogP contribution in [0.4, 0.5) is 10.5 Å². The molecule has 5 heteroatoms. The van der Waals surface area contributed by atoms with Gasteiger partial charge in [-0.1, -0.05) is 48.5 Å². The van der Waals surface area contributed by atoms with Crippen molar-refractivity contribution in [3.05, 3.63) is 60.7 Å². The second-order valence-electron chi connectivity index (χ2n) is 5.01. The largest absolute Gasteiger partial charge is 0.337 e. The number of alkyl halides is 1. The Morgan fingerprint density at radius 2 is 1.78 bits per heavy atom. The number of aromatic nitrogens is 1. The molecular weight excluding hydrogens is 310 g/mol. The van der Waals surface area contributed by atoms with Gasteiger partial charge in [0.2, 0.25) is 0 Å². The van der Waals surface area contributed by atoms with Crippen LogP contribution in [-0.2, 0) is 0 Å². The van der Waals surface area contributed by atoms with Gasteiger partial charge in [-0.05, 0) is 12.1 Å². The number of benzene rings is 2. The first-order valence-electron chi connectivity index (χ1n) is 7.34. The van der Waals surface area contributed by atoms with Crippen molar-refractivity contribution in [3.63, 3.8) is 0 Å². The zero-order valence-electron chi connectivity index (χ0n) is 12.4. The van der Waals surface area contributed by atoms with E-state index in [1.807, 2.05) is 60.7 Å². The van der Waals surface area contributed by atoms with Crippen molar-refractivity contribution in [2.45, 2.75) is 0 Å². The van der Waals surface area contributed by atoms with Crippen molar-refractivity contribution in [2.75, 3.05) is 17.7 Å². The fraction of sp³-hybridized carbons (Fsp3) is 0.111. The summed E-state index contributed by atoms with van der Waals surface area (Å²) in [6.07, 6.45) is 0. The lowest BCUT2D eigenvalue weighted by Gasteiger charge is -2.11. The van der Waals surface area contributed by atoms with Crippen LogP contribution in [0.1, 0.15) is 0 Å². The Bertz CT molecular complexity index is 821. The van der Waals surface area contributed by atoms with Gasteiger partial charge in [0.25, 0.3) is 0 Å². The Balaban J connectivity index is 2.02. The highest BCUT2D eigenvalue weighted by Gasteiger charge is 2.09. The number of nitrogens with zero attached hydrogens (tertiary/aromatic N) is 1. The molecule has 2 aromatic carbocycles. The van der Waals surface area contributed by atoms with E-state index in [9.17, 15) is 4.79 Å². The molecule has 1 heterocycles. The lowest BCUT2D eigenvalue weighted by atomic mass is 10.1. The Labute approximate surface area is 139 Å². The highest BCUT2D eigenvalue weighted by atomic mass is 35.5. The third-order valence-corrected chi connectivity index (χ3v) is 3.60. The van der Waals surface area contributed by atoms with Gasteiger partial charge in [-0.25, -0.2) is 9.78 Å². The van der Waals surface area contributed by atoms with Gasteiger partial charge in [0.15, 0.2) is 0 Å². The molecule has 0 saturated heterocycles. The van der Waals surface area contributed by atoms with Crippen LogP contribution in [0.5, 0.6) is 0 Å². The highest BCUT2D eigenvalue weighted by molar-refractivity contribution is 6.18. The zero-order chi connectivity index (χ0) is 16.1. The van der Waals surface area contributed by atoms with E-state index in [0.717, 1.165) is 27.8 Å². The van der Waals surface area contributed by atoms with Crippen molar-refractivity contribution < 1.29 is 4.79 Å². The smallest absolute Gasteiger partial charge is 0.319 e. The molecule has 1 aromatic heterocycles. The van der Waals surface area contributed by atoms with Crippen molar-refractivity contribution in [1.29, 1.82) is 0 Å². The van der Waals surface area contributed by atoms with Crippen LogP contribution in [0.25, 0.3) is 22.2 Å². The molecule has 3 aromatic rings. The van der Waals surface area contributed by atoms with Crippen molar-refractivity contribution in [3.8, 4) is 11.3 Å². The normalized spacial score (nSPS) is 10.5. The average molecular weight is 326 g/mol. The lowest BCUT2D eigenvalue weighted by Crippen LogP contribution is -2.30. The lowest BCUT2D eigenvalue weighted by molar-refractivity contribution is 0.252. The molecule has 116 valence electrons. The SMILES string of the molecule is O=C(NCCCl)Nc1cc(-c2ccccc2)nc2ccccc12. The summed E-state index contributed by atoms with van der Waals surface area (Å²) < 4.78 is 0. The maximum Gasteiger partial charge on any atom is 0.319 e. The Morgan fingerprint density at radius 3 is 2.57 bits per heavy atom. The van der Waals surface area contributed by atoms with Gasteiger partial charge >= 0.3 is 6.03 Å². The third kappa shape index (κ3) is 3.60. The summed E-state index contributed by atoms with van der Waals surface area (Å²) in [5.74, 6) is 0.375. The summed E-state index contributed by atoms with van der Waals surface area (Å²) >= 11 is 5.60. The molecule has 2 amide bonds. The van der Waals surface area contributed by atoms with Crippen molar-refractivity contribution in [2.24, 2.45) is 0 Å². The predicted molar refractivity (Wildman–Crippen MR) is 94.9 cm³/mol. The number of carbonyl (C=O) groups excluding carboxylic acids is 1. The van der Waals surface area contributed by atoms with Gasteiger partial charge in [-0.2, -0.15) is 0 Å². The molecule has 0 bridgehead atoms. The van der Waals surface area contributed by atoms with E-state index in [4.69, 9.17) is 11.6 Å². The summed E-state index contributed by atoms with van der Waals surface area (Å²) in [5.41, 5.74) is 3.38. The second-order valence-corrected chi connectivity index (χ2v) is 5.39. The van der Waals surface area contributed by atoms with Crippen LogP contribution >= 0.6 is 11.6 Å². The average Bonchev–Trinajstić information content (AvgIpc) is 2.60. The van der Waals surface area contributed by atoms with Crippen LogP contribution in [0.15, 0.2) is 60.7 Å². The second kappa shape index (κ2) is 7.11. The maximum atomic E-state index is 12.0. The number of rotatable bonds is 4. The first-order chi connectivity index (χ1) is 11.3. The topological polar surface area (TPSA) is 54.0 Å². The summed E-state index contributed by atoms with van der Waals surface area (Å²) in [4.78, 5) is 16.6. The van der Waals surface area contributed by atoms with Gasteiger partial charge in [0.1, 0.15) is 0 Å². The van der Waals surface area contributed by atoms with Crippen molar-refractivity contribution in [1.82, 2.24) is 10.3 Å². The molecule has 0 aliphatic heterocycles. The minimum absolute atomic E-state index is 0.277. The van der Waals surface area contributed by atoms with E-state index in [2.05, 4.69) is 15.6 Å². The minimum atomic E-state index is -0.277. The number of amides is 2. The molecule has 0 aliphatic rings. The van der Waals surface area contributed by atoms with Gasteiger partial charge < -0.3 is 10.6 Å². The predicted octanol–water partition coefficient (Wildman–Crippen LogP) is 4.26. The van der Waals surface area contributed by atoms with E-state index >= 15 is 0 Å². The first-order valence-corrected chi connectivity index (χ1v) is 7.87. The zero-order valence-corrected chi connectivity index (χ0v) is 13.2. The van der Waals surface area contributed by atoms with Gasteiger partial charge in [-0.15, -0.1) is 11.6 Å². The standard InChI is InChI=1S/C18H16ClN3O/c19-10-11-20-18(23)22-17-12-16(13-6-2-1-3-7-13)21-15-9-5-4-8-14(15)17/h1-9,12H,10-11H2,(H2,20,21,22,23). The van der Waals surface area contributed by atoms with E-state index in [-0.39, 0.29) is 6.03 Å². The number of hydrogen-bond donors (Lipinski definition) is 2. The molecule has 23 heavy (non-hydrogen) atoms. The number of nitrogens with one attached hydrogen (secondary N) is 2. The third-order valence-electron chi connectivity index (χ3n) is 3.41. The number of pyridine rings is 1. The van der Waals surface area contributed by atoms with Crippen LogP contribution < -0.4 is 10.6 Å². The van der Waals surface area contributed by atoms with Crippen molar-refractivity contribution >= 4 is 34.2 Å². The molecule has 0 spiro atoms. The fourth-order valence-corrected chi connectivity index (χ4v) is 2.46. The minimum Gasteiger partial charge on any atom is -0.337 e. The number of urea groups is 1. The van der Waals surface area contributed by atoms with E-state index in [1.165, 1.54) is 0 Å². The van der Waals surface area contributed by atoms with E-state index in [1.54, 1.807) is 0 Å². The van der Waals surface area contributed by atoms with E-state index in [0.29, 0.717) is 12.4 Å². The number of anilines is 1. The molecule has 0 fully saturated rings. The molecule has 0 aliphatic carbocycles. The van der Waals surface area contributed by atoms with Gasteiger partial charge in [0, 0.05) is 23.4 Å². The molecule has 4 nitrogen and oxygen atoms in total. The summed E-state index contributed by atoms with van der Waals surface area (Å²) in [6, 6.07) is 19.2. The molecule has 3 rings (SSSR count). The quantitative estimate of drug-likeness (QED) is 0.704. The number of fused-ring (bicyclic) bond motifs is 1. The van der Waals surface area contributed by atoms with Crippen LogP contribution in [0.3, 0.4) is 0 Å². The number of carbonyl (C=O) groups is 1. The monoisotopic (exact) mass is 325 g/mol. The van der Waals surface area contributed by atoms with Gasteiger partial charge in [-0.3, -0.25) is 0 Å². The summed E-state index contributed by atoms with van der Waals surface area (Å²) in [6.45, 7) is 0.419. The van der Waals surface area contributed by atoms with Crippen LogP contribution in [0, 0.1) is 0 Å². The highest BCUT2D eigenvalue weighted by Crippen LogP contribution is 2.28. The number of halogens is 1. The molecule has 2 N–H and O–H groups in total. The summed E-state index contributed by atoms with van der Waals surface area (Å²) in [7, 11) is 0. The Morgan fingerprint density at radius 1 is 1.04 bits per heavy atom. The van der Waals surface area contributed by atoms with Crippen LogP contribution in [-0.4, -0.2) is 23.4 Å². The molecule has 0 radical (unpaired) electrons. The Hall–Kier alpha value is -2.59. The van der Waals surface area contributed by atoms with Gasteiger partial charge in [0.05, 0.1) is 16.9 Å². The molecule has 0 unspecified atom stereocenters. The fourth-order valence-electron chi connectivity index (χ4n) is 2.36. The molecule has 0 atom stereocenters. The Kier molecular flexibility index (Phi) is 4.74. The molecular formula is C18H16ClN3O. The van der Waals surface area contributed by atoms with Crippen LogP contribution in [0.2, 0.25) is 0 Å². The summed E-state index contributed by atoms with van der Waals surface area (Å²) in [5, 5.41) is 6.48. The number of para-hydroxylation sites is 1. The maximum absolute atomic E-state index is 12.0. The van der Waals surface area contributed by atoms with E-state index < -0.39 is 0 Å². The number of hydrogen-bond acceptors (Lipinski definition) is 2.